The summed E-state index contributed by atoms with van der Waals surface area (Å²) in [6, 6.07) is 9.81. The van der Waals surface area contributed by atoms with E-state index in [1.807, 2.05) is 13.8 Å². The zero-order valence-electron chi connectivity index (χ0n) is 16.5. The van der Waals surface area contributed by atoms with E-state index in [4.69, 9.17) is 9.47 Å². The van der Waals surface area contributed by atoms with Gasteiger partial charge in [-0.1, -0.05) is 19.9 Å². The molecule has 6 nitrogen and oxygen atoms in total. The second-order valence-corrected chi connectivity index (χ2v) is 7.05. The van der Waals surface area contributed by atoms with Gasteiger partial charge in [0.2, 0.25) is 18.6 Å². The zero-order chi connectivity index (χ0) is 21.0. The van der Waals surface area contributed by atoms with Gasteiger partial charge < -0.3 is 20.1 Å². The Bertz CT molecular complexity index is 969. The van der Waals surface area contributed by atoms with Crippen molar-refractivity contribution in [1.82, 2.24) is 5.32 Å². The van der Waals surface area contributed by atoms with E-state index in [9.17, 15) is 14.0 Å². The number of rotatable bonds is 6. The maximum Gasteiger partial charge on any atom is 0.244 e. The van der Waals surface area contributed by atoms with E-state index in [-0.39, 0.29) is 31.0 Å². The number of carbonyl (C=O) groups is 2. The fraction of sp³-hybridized carbons (Fsp3) is 0.273. The van der Waals surface area contributed by atoms with Crippen molar-refractivity contribution in [1.29, 1.82) is 0 Å². The van der Waals surface area contributed by atoms with Crippen LogP contribution in [0.4, 0.5) is 10.1 Å². The molecule has 29 heavy (non-hydrogen) atoms. The van der Waals surface area contributed by atoms with Gasteiger partial charge in [-0.2, -0.15) is 0 Å². The molecule has 2 aromatic carbocycles. The molecule has 0 radical (unpaired) electrons. The molecule has 3 rings (SSSR count). The molecule has 0 atom stereocenters. The minimum Gasteiger partial charge on any atom is -0.454 e. The van der Waals surface area contributed by atoms with Crippen molar-refractivity contribution in [2.24, 2.45) is 5.92 Å². The number of amides is 2. The number of nitrogens with one attached hydrogen (secondary N) is 2. The van der Waals surface area contributed by atoms with Crippen molar-refractivity contribution in [2.45, 2.75) is 20.8 Å². The minimum atomic E-state index is -0.392. The van der Waals surface area contributed by atoms with Gasteiger partial charge in [0.25, 0.3) is 0 Å². The van der Waals surface area contributed by atoms with E-state index in [1.165, 1.54) is 12.1 Å². The molecule has 2 N–H and O–H groups in total. The van der Waals surface area contributed by atoms with Crippen LogP contribution in [0.15, 0.2) is 42.5 Å². The lowest BCUT2D eigenvalue weighted by Gasteiger charge is -2.13. The number of allylic oxidation sites excluding steroid dienone is 1. The fourth-order valence-electron chi connectivity index (χ4n) is 2.95. The normalized spacial score (nSPS) is 12.8. The Morgan fingerprint density at radius 1 is 1.14 bits per heavy atom. The van der Waals surface area contributed by atoms with Gasteiger partial charge in [0, 0.05) is 17.8 Å². The third-order valence-electron chi connectivity index (χ3n) is 4.48. The summed E-state index contributed by atoms with van der Waals surface area (Å²) in [6.45, 7) is 5.55. The number of fused-ring (bicyclic) bond motifs is 1. The summed E-state index contributed by atoms with van der Waals surface area (Å²) < 4.78 is 24.0. The second-order valence-electron chi connectivity index (χ2n) is 7.05. The molecule has 2 aromatic rings. The van der Waals surface area contributed by atoms with Crippen LogP contribution in [0.1, 0.15) is 25.0 Å². The highest BCUT2D eigenvalue weighted by molar-refractivity contribution is 5.99. The number of ether oxygens (including phenoxy) is 2. The van der Waals surface area contributed by atoms with E-state index >= 15 is 0 Å². The van der Waals surface area contributed by atoms with Crippen molar-refractivity contribution in [3.8, 4) is 11.5 Å². The lowest BCUT2D eigenvalue weighted by Crippen LogP contribution is -2.32. The van der Waals surface area contributed by atoms with E-state index in [1.54, 1.807) is 37.3 Å². The number of hydrogen-bond donors (Lipinski definition) is 2. The quantitative estimate of drug-likeness (QED) is 0.728. The number of benzene rings is 2. The number of carbonyl (C=O) groups excluding carboxylic acids is 2. The highest BCUT2D eigenvalue weighted by Gasteiger charge is 2.15. The molecule has 0 saturated heterocycles. The Balaban J connectivity index is 1.60. The van der Waals surface area contributed by atoms with Crippen molar-refractivity contribution >= 4 is 23.1 Å². The maximum atomic E-state index is 13.5. The molecule has 1 aliphatic heterocycles. The van der Waals surface area contributed by atoms with Gasteiger partial charge >= 0.3 is 0 Å². The van der Waals surface area contributed by atoms with Gasteiger partial charge in [0.05, 0.1) is 6.54 Å². The van der Waals surface area contributed by atoms with E-state index in [0.717, 1.165) is 11.1 Å². The second kappa shape index (κ2) is 8.77. The lowest BCUT2D eigenvalue weighted by atomic mass is 9.93. The monoisotopic (exact) mass is 398 g/mol. The Hall–Kier alpha value is -3.35. The molecule has 0 unspecified atom stereocenters. The van der Waals surface area contributed by atoms with Gasteiger partial charge in [-0.3, -0.25) is 9.59 Å². The number of aryl methyl sites for hydroxylation is 1. The summed E-state index contributed by atoms with van der Waals surface area (Å²) in [5, 5.41) is 5.28. The van der Waals surface area contributed by atoms with E-state index < -0.39 is 5.91 Å². The third-order valence-corrected chi connectivity index (χ3v) is 4.48. The summed E-state index contributed by atoms with van der Waals surface area (Å²) in [5.41, 5.74) is 2.60. The first-order valence-electron chi connectivity index (χ1n) is 9.29. The molecule has 1 heterocycles. The molecular formula is C22H23FN2O4. The van der Waals surface area contributed by atoms with Crippen molar-refractivity contribution in [3.63, 3.8) is 0 Å². The standard InChI is InChI=1S/C22H23FN2O4/c1-13(2)17(15-4-6-18(23)14(3)8-15)10-21(26)24-11-22(27)25-16-5-7-19-20(9-16)29-12-28-19/h4-10,13H,11-12H2,1-3H3,(H,24,26)(H,25,27)/b17-10+. The molecule has 0 aliphatic carbocycles. The highest BCUT2D eigenvalue weighted by atomic mass is 19.1. The van der Waals surface area contributed by atoms with Crippen LogP contribution >= 0.6 is 0 Å². The minimum absolute atomic E-state index is 0.0491. The molecular weight excluding hydrogens is 375 g/mol. The van der Waals surface area contributed by atoms with Crippen LogP contribution in [-0.2, 0) is 9.59 Å². The summed E-state index contributed by atoms with van der Waals surface area (Å²) in [6.07, 6.45) is 1.45. The Morgan fingerprint density at radius 2 is 1.90 bits per heavy atom. The van der Waals surface area contributed by atoms with Crippen LogP contribution in [0.2, 0.25) is 0 Å². The first-order valence-corrected chi connectivity index (χ1v) is 9.29. The SMILES string of the molecule is Cc1cc(/C(=C/C(=O)NCC(=O)Nc2ccc3c(c2)OCO3)C(C)C)ccc1F. The third kappa shape index (κ3) is 5.13. The zero-order valence-corrected chi connectivity index (χ0v) is 16.5. The number of hydrogen-bond acceptors (Lipinski definition) is 4. The predicted octanol–water partition coefficient (Wildman–Crippen LogP) is 3.66. The van der Waals surface area contributed by atoms with Crippen molar-refractivity contribution in [3.05, 3.63) is 59.4 Å². The number of anilines is 1. The lowest BCUT2D eigenvalue weighted by molar-refractivity contribution is -0.121. The van der Waals surface area contributed by atoms with Gasteiger partial charge in [-0.15, -0.1) is 0 Å². The maximum absolute atomic E-state index is 13.5. The Labute approximate surface area is 168 Å². The first kappa shape index (κ1) is 20.4. The Morgan fingerprint density at radius 3 is 2.62 bits per heavy atom. The van der Waals surface area contributed by atoms with E-state index in [2.05, 4.69) is 10.6 Å². The molecule has 0 aromatic heterocycles. The van der Waals surface area contributed by atoms with Crippen LogP contribution < -0.4 is 20.1 Å². The van der Waals surface area contributed by atoms with Crippen LogP contribution in [0, 0.1) is 18.7 Å². The summed E-state index contributed by atoms with van der Waals surface area (Å²) in [7, 11) is 0. The van der Waals surface area contributed by atoms with E-state index in [0.29, 0.717) is 22.7 Å². The van der Waals surface area contributed by atoms with Crippen LogP contribution in [0.3, 0.4) is 0 Å². The first-order chi connectivity index (χ1) is 13.8. The van der Waals surface area contributed by atoms with Crippen molar-refractivity contribution < 1.29 is 23.5 Å². The topological polar surface area (TPSA) is 76.7 Å². The fourth-order valence-corrected chi connectivity index (χ4v) is 2.95. The summed E-state index contributed by atoms with van der Waals surface area (Å²) in [5.74, 6) is 0.185. The summed E-state index contributed by atoms with van der Waals surface area (Å²) in [4.78, 5) is 24.4. The highest BCUT2D eigenvalue weighted by Crippen LogP contribution is 2.34. The average molecular weight is 398 g/mol. The smallest absolute Gasteiger partial charge is 0.244 e. The van der Waals surface area contributed by atoms with Gasteiger partial charge in [0.1, 0.15) is 5.82 Å². The predicted molar refractivity (Wildman–Crippen MR) is 108 cm³/mol. The van der Waals surface area contributed by atoms with Gasteiger partial charge in [-0.25, -0.2) is 4.39 Å². The molecule has 2 amide bonds. The molecule has 0 fully saturated rings. The molecule has 0 bridgehead atoms. The molecule has 0 spiro atoms. The average Bonchev–Trinajstić information content (AvgIpc) is 3.14. The van der Waals surface area contributed by atoms with Crippen molar-refractivity contribution in [2.75, 3.05) is 18.7 Å². The van der Waals surface area contributed by atoms with Gasteiger partial charge in [-0.05, 0) is 53.8 Å². The van der Waals surface area contributed by atoms with Gasteiger partial charge in [0.15, 0.2) is 11.5 Å². The van der Waals surface area contributed by atoms with Crippen LogP contribution in [0.5, 0.6) is 11.5 Å². The number of halogens is 1. The molecule has 0 saturated carbocycles. The molecule has 152 valence electrons. The molecule has 7 heteroatoms. The largest absolute Gasteiger partial charge is 0.454 e. The van der Waals surface area contributed by atoms with Crippen LogP contribution in [-0.4, -0.2) is 25.2 Å². The summed E-state index contributed by atoms with van der Waals surface area (Å²) >= 11 is 0. The molecule has 1 aliphatic rings. The Kier molecular flexibility index (Phi) is 6.16. The van der Waals surface area contributed by atoms with Crippen LogP contribution in [0.25, 0.3) is 5.57 Å².